The van der Waals surface area contributed by atoms with Crippen LogP contribution in [0.5, 0.6) is 0 Å². The molecule has 0 fully saturated rings. The van der Waals surface area contributed by atoms with Crippen LogP contribution in [0.3, 0.4) is 0 Å². The normalized spacial score (nSPS) is 12.4. The Morgan fingerprint density at radius 3 is 2.25 bits per heavy atom. The Hall–Kier alpha value is -1.06. The van der Waals surface area contributed by atoms with E-state index in [0.29, 0.717) is 10.0 Å². The molecular formula is C16H18Cl2N2. The zero-order valence-corrected chi connectivity index (χ0v) is 13.1. The molecule has 2 rings (SSSR count). The third-order valence-corrected chi connectivity index (χ3v) is 4.44. The van der Waals surface area contributed by atoms with E-state index in [-0.39, 0.29) is 6.04 Å². The van der Waals surface area contributed by atoms with Crippen LogP contribution in [-0.2, 0) is 6.42 Å². The van der Waals surface area contributed by atoms with Gasteiger partial charge in [-0.25, -0.2) is 0 Å². The summed E-state index contributed by atoms with van der Waals surface area (Å²) >= 11 is 12.4. The first kappa shape index (κ1) is 15.3. The summed E-state index contributed by atoms with van der Waals surface area (Å²) in [5, 5.41) is 1.11. The number of benzene rings is 2. The summed E-state index contributed by atoms with van der Waals surface area (Å²) in [4.78, 5) is 0. The van der Waals surface area contributed by atoms with Crippen LogP contribution < -0.4 is 11.3 Å². The monoisotopic (exact) mass is 308 g/mol. The highest BCUT2D eigenvalue weighted by Gasteiger charge is 2.17. The van der Waals surface area contributed by atoms with Gasteiger partial charge in [-0.05, 0) is 48.6 Å². The summed E-state index contributed by atoms with van der Waals surface area (Å²) in [5.41, 5.74) is 7.56. The van der Waals surface area contributed by atoms with Crippen LogP contribution in [0, 0.1) is 13.8 Å². The Morgan fingerprint density at radius 2 is 1.65 bits per heavy atom. The van der Waals surface area contributed by atoms with Crippen LogP contribution in [-0.4, -0.2) is 0 Å². The number of rotatable bonds is 4. The van der Waals surface area contributed by atoms with Gasteiger partial charge in [-0.3, -0.25) is 11.3 Å². The summed E-state index contributed by atoms with van der Waals surface area (Å²) in [6.45, 7) is 4.21. The van der Waals surface area contributed by atoms with Crippen LogP contribution in [0.25, 0.3) is 0 Å². The number of hydrazine groups is 1. The smallest absolute Gasteiger partial charge is 0.0640 e. The quantitative estimate of drug-likeness (QED) is 0.650. The molecule has 0 saturated heterocycles. The molecule has 0 amide bonds. The first-order chi connectivity index (χ1) is 9.54. The molecule has 0 radical (unpaired) electrons. The number of nitrogens with two attached hydrogens (primary N) is 1. The van der Waals surface area contributed by atoms with Gasteiger partial charge in [0.15, 0.2) is 0 Å². The van der Waals surface area contributed by atoms with Crippen molar-refractivity contribution in [3.63, 3.8) is 0 Å². The van der Waals surface area contributed by atoms with E-state index in [1.54, 1.807) is 6.07 Å². The van der Waals surface area contributed by atoms with Gasteiger partial charge in [0.2, 0.25) is 0 Å². The largest absolute Gasteiger partial charge is 0.271 e. The summed E-state index contributed by atoms with van der Waals surface area (Å²) < 4.78 is 0. The maximum Gasteiger partial charge on any atom is 0.0640 e. The van der Waals surface area contributed by atoms with Gasteiger partial charge in [0.25, 0.3) is 0 Å². The number of hydrogen-bond acceptors (Lipinski definition) is 2. The fraction of sp³-hybridized carbons (Fsp3) is 0.250. The fourth-order valence-electron chi connectivity index (χ4n) is 2.42. The molecule has 1 atom stereocenters. The van der Waals surface area contributed by atoms with E-state index in [0.717, 1.165) is 12.0 Å². The van der Waals surface area contributed by atoms with Gasteiger partial charge in [0.1, 0.15) is 0 Å². The highest BCUT2D eigenvalue weighted by atomic mass is 35.5. The highest BCUT2D eigenvalue weighted by molar-refractivity contribution is 6.42. The Labute approximate surface area is 129 Å². The Balaban J connectivity index is 2.37. The van der Waals surface area contributed by atoms with Crippen molar-refractivity contribution in [2.24, 2.45) is 5.84 Å². The SMILES string of the molecule is Cc1cccc(C)c1CC(NN)c1cccc(Cl)c1Cl. The summed E-state index contributed by atoms with van der Waals surface area (Å²) in [6, 6.07) is 11.8. The molecule has 106 valence electrons. The van der Waals surface area contributed by atoms with Crippen molar-refractivity contribution < 1.29 is 0 Å². The van der Waals surface area contributed by atoms with Crippen molar-refractivity contribution >= 4 is 23.2 Å². The van der Waals surface area contributed by atoms with Gasteiger partial charge in [-0.2, -0.15) is 0 Å². The molecule has 20 heavy (non-hydrogen) atoms. The summed E-state index contributed by atoms with van der Waals surface area (Å²) in [6.07, 6.45) is 0.773. The third kappa shape index (κ3) is 3.15. The number of nitrogens with one attached hydrogen (secondary N) is 1. The molecule has 2 nitrogen and oxygen atoms in total. The average Bonchev–Trinajstić information content (AvgIpc) is 2.42. The minimum absolute atomic E-state index is 0.0685. The van der Waals surface area contributed by atoms with E-state index in [2.05, 4.69) is 37.5 Å². The molecule has 0 aliphatic rings. The van der Waals surface area contributed by atoms with Crippen LogP contribution in [0.4, 0.5) is 0 Å². The Bertz CT molecular complexity index is 591. The fourth-order valence-corrected chi connectivity index (χ4v) is 2.86. The van der Waals surface area contributed by atoms with E-state index in [4.69, 9.17) is 29.0 Å². The standard InChI is InChI=1S/C16H18Cl2N2/c1-10-5-3-6-11(2)13(10)9-15(20-19)12-7-4-8-14(17)16(12)18/h3-8,15,20H,9,19H2,1-2H3. The van der Waals surface area contributed by atoms with Crippen molar-refractivity contribution in [1.29, 1.82) is 0 Å². The summed E-state index contributed by atoms with van der Waals surface area (Å²) in [7, 11) is 0. The van der Waals surface area contributed by atoms with Crippen molar-refractivity contribution in [3.05, 3.63) is 68.7 Å². The van der Waals surface area contributed by atoms with Crippen LogP contribution in [0.1, 0.15) is 28.3 Å². The molecule has 0 spiro atoms. The predicted octanol–water partition coefficient (Wildman–Crippen LogP) is 4.36. The molecule has 2 aromatic rings. The van der Waals surface area contributed by atoms with Gasteiger partial charge in [-0.1, -0.05) is 53.5 Å². The second-order valence-corrected chi connectivity index (χ2v) is 5.72. The molecule has 0 heterocycles. The molecule has 0 aromatic heterocycles. The van der Waals surface area contributed by atoms with Gasteiger partial charge < -0.3 is 0 Å². The number of aryl methyl sites for hydroxylation is 2. The van der Waals surface area contributed by atoms with Crippen molar-refractivity contribution in [1.82, 2.24) is 5.43 Å². The van der Waals surface area contributed by atoms with E-state index in [9.17, 15) is 0 Å². The maximum atomic E-state index is 6.29. The average molecular weight is 309 g/mol. The second kappa shape index (κ2) is 6.59. The number of halogens is 2. The molecule has 1 unspecified atom stereocenters. The number of hydrogen-bond donors (Lipinski definition) is 2. The molecule has 0 aliphatic carbocycles. The Morgan fingerprint density at radius 1 is 1.05 bits per heavy atom. The summed E-state index contributed by atoms with van der Waals surface area (Å²) in [5.74, 6) is 5.72. The lowest BCUT2D eigenvalue weighted by Crippen LogP contribution is -2.30. The van der Waals surface area contributed by atoms with Crippen LogP contribution >= 0.6 is 23.2 Å². The first-order valence-electron chi connectivity index (χ1n) is 6.49. The molecule has 3 N–H and O–H groups in total. The second-order valence-electron chi connectivity index (χ2n) is 4.94. The lowest BCUT2D eigenvalue weighted by Gasteiger charge is -2.20. The van der Waals surface area contributed by atoms with Crippen molar-refractivity contribution in [2.45, 2.75) is 26.3 Å². The van der Waals surface area contributed by atoms with Gasteiger partial charge in [-0.15, -0.1) is 0 Å². The van der Waals surface area contributed by atoms with Crippen molar-refractivity contribution in [2.75, 3.05) is 0 Å². The molecule has 4 heteroatoms. The predicted molar refractivity (Wildman–Crippen MR) is 86.1 cm³/mol. The zero-order valence-electron chi connectivity index (χ0n) is 11.6. The molecule has 2 aromatic carbocycles. The van der Waals surface area contributed by atoms with Gasteiger partial charge >= 0.3 is 0 Å². The molecular weight excluding hydrogens is 291 g/mol. The zero-order chi connectivity index (χ0) is 14.7. The Kier molecular flexibility index (Phi) is 5.06. The van der Waals surface area contributed by atoms with Crippen LogP contribution in [0.15, 0.2) is 36.4 Å². The lowest BCUT2D eigenvalue weighted by molar-refractivity contribution is 0.550. The van der Waals surface area contributed by atoms with E-state index in [1.807, 2.05) is 12.1 Å². The maximum absolute atomic E-state index is 6.29. The van der Waals surface area contributed by atoms with E-state index >= 15 is 0 Å². The van der Waals surface area contributed by atoms with Gasteiger partial charge in [0, 0.05) is 0 Å². The van der Waals surface area contributed by atoms with E-state index in [1.165, 1.54) is 16.7 Å². The van der Waals surface area contributed by atoms with Gasteiger partial charge in [0.05, 0.1) is 16.1 Å². The third-order valence-electron chi connectivity index (χ3n) is 3.61. The highest BCUT2D eigenvalue weighted by Crippen LogP contribution is 2.32. The lowest BCUT2D eigenvalue weighted by atomic mass is 9.93. The molecule has 0 aliphatic heterocycles. The first-order valence-corrected chi connectivity index (χ1v) is 7.25. The minimum Gasteiger partial charge on any atom is -0.271 e. The molecule has 0 saturated carbocycles. The minimum atomic E-state index is -0.0685. The van der Waals surface area contributed by atoms with E-state index < -0.39 is 0 Å². The van der Waals surface area contributed by atoms with Crippen molar-refractivity contribution in [3.8, 4) is 0 Å². The van der Waals surface area contributed by atoms with Crippen LogP contribution in [0.2, 0.25) is 10.0 Å². The topological polar surface area (TPSA) is 38.0 Å². The molecule has 0 bridgehead atoms.